The maximum Gasteiger partial charge on any atom is 0.272 e. The largest absolute Gasteiger partial charge is 0.485 e. The van der Waals surface area contributed by atoms with E-state index in [-0.39, 0.29) is 18.1 Å². The van der Waals surface area contributed by atoms with E-state index in [9.17, 15) is 14.9 Å². The molecule has 5 nitrogen and oxygen atoms in total. The van der Waals surface area contributed by atoms with E-state index in [1.165, 1.54) is 30.3 Å². The Hall–Kier alpha value is -2.11. The van der Waals surface area contributed by atoms with Crippen LogP contribution in [0.1, 0.15) is 15.9 Å². The van der Waals surface area contributed by atoms with E-state index >= 15 is 0 Å². The lowest BCUT2D eigenvalue weighted by Gasteiger charge is -2.07. The first-order chi connectivity index (χ1) is 10.4. The SMILES string of the molecule is Cc1cc(OCC(=O)c2ccc(Cl)c(Cl)c2)ccc1[N+](=O)[O-]. The first-order valence-corrected chi connectivity index (χ1v) is 7.00. The number of aryl methyl sites for hydroxylation is 1. The Labute approximate surface area is 136 Å². The highest BCUT2D eigenvalue weighted by Crippen LogP contribution is 2.24. The zero-order chi connectivity index (χ0) is 16.3. The topological polar surface area (TPSA) is 69.4 Å². The molecule has 0 atom stereocenters. The van der Waals surface area contributed by atoms with Crippen LogP contribution >= 0.6 is 23.2 Å². The number of Topliss-reactive ketones (excluding diaryl/α,β-unsaturated/α-hetero) is 1. The molecule has 0 unspecified atom stereocenters. The van der Waals surface area contributed by atoms with E-state index in [0.717, 1.165) is 0 Å². The van der Waals surface area contributed by atoms with Crippen molar-refractivity contribution < 1.29 is 14.5 Å². The summed E-state index contributed by atoms with van der Waals surface area (Å²) in [6.45, 7) is 1.40. The molecule has 114 valence electrons. The van der Waals surface area contributed by atoms with Crippen molar-refractivity contribution in [3.63, 3.8) is 0 Å². The molecule has 2 aromatic carbocycles. The highest BCUT2D eigenvalue weighted by molar-refractivity contribution is 6.42. The van der Waals surface area contributed by atoms with Crippen LogP contribution in [0, 0.1) is 17.0 Å². The molecule has 2 rings (SSSR count). The molecule has 0 saturated carbocycles. The van der Waals surface area contributed by atoms with Crippen LogP contribution in [-0.4, -0.2) is 17.3 Å². The molecule has 0 N–H and O–H groups in total. The molecule has 7 heteroatoms. The molecule has 22 heavy (non-hydrogen) atoms. The maximum atomic E-state index is 12.0. The Morgan fingerprint density at radius 3 is 2.50 bits per heavy atom. The van der Waals surface area contributed by atoms with E-state index in [2.05, 4.69) is 0 Å². The van der Waals surface area contributed by atoms with Gasteiger partial charge in [0.1, 0.15) is 5.75 Å². The van der Waals surface area contributed by atoms with Gasteiger partial charge in [-0.3, -0.25) is 14.9 Å². The third kappa shape index (κ3) is 3.75. The van der Waals surface area contributed by atoms with E-state index in [0.29, 0.717) is 26.9 Å². The lowest BCUT2D eigenvalue weighted by atomic mass is 10.1. The predicted molar refractivity (Wildman–Crippen MR) is 84.1 cm³/mol. The Balaban J connectivity index is 2.06. The smallest absolute Gasteiger partial charge is 0.272 e. The van der Waals surface area contributed by atoms with Gasteiger partial charge in [-0.05, 0) is 37.3 Å². The summed E-state index contributed by atoms with van der Waals surface area (Å²) < 4.78 is 5.36. The van der Waals surface area contributed by atoms with Crippen LogP contribution < -0.4 is 4.74 Å². The lowest BCUT2D eigenvalue weighted by Crippen LogP contribution is -2.11. The molecule has 0 amide bonds. The zero-order valence-electron chi connectivity index (χ0n) is 11.5. The second-order valence-electron chi connectivity index (χ2n) is 4.55. The minimum absolute atomic E-state index is 0.00293. The Bertz CT molecular complexity index is 746. The molecular formula is C15H11Cl2NO4. The van der Waals surface area contributed by atoms with Crippen LogP contribution in [-0.2, 0) is 0 Å². The van der Waals surface area contributed by atoms with Gasteiger partial charge >= 0.3 is 0 Å². The quantitative estimate of drug-likeness (QED) is 0.457. The van der Waals surface area contributed by atoms with Crippen molar-refractivity contribution in [1.82, 2.24) is 0 Å². The van der Waals surface area contributed by atoms with Crippen molar-refractivity contribution in [3.8, 4) is 5.75 Å². The number of hydrogen-bond acceptors (Lipinski definition) is 4. The van der Waals surface area contributed by atoms with E-state index in [4.69, 9.17) is 27.9 Å². The third-order valence-corrected chi connectivity index (χ3v) is 3.72. The Kier molecular flexibility index (Phi) is 5.00. The predicted octanol–water partition coefficient (Wildman–Crippen LogP) is 4.47. The Morgan fingerprint density at radius 2 is 1.91 bits per heavy atom. The number of rotatable bonds is 5. The number of halogens is 2. The summed E-state index contributed by atoms with van der Waals surface area (Å²) >= 11 is 11.6. The highest BCUT2D eigenvalue weighted by Gasteiger charge is 2.13. The fraction of sp³-hybridized carbons (Fsp3) is 0.133. The van der Waals surface area contributed by atoms with E-state index in [1.807, 2.05) is 0 Å². The van der Waals surface area contributed by atoms with Crippen molar-refractivity contribution in [2.24, 2.45) is 0 Å². The van der Waals surface area contributed by atoms with Gasteiger partial charge in [0.05, 0.1) is 15.0 Å². The molecule has 0 heterocycles. The second-order valence-corrected chi connectivity index (χ2v) is 5.36. The fourth-order valence-electron chi connectivity index (χ4n) is 1.82. The molecule has 0 spiro atoms. The van der Waals surface area contributed by atoms with Gasteiger partial charge in [0, 0.05) is 17.2 Å². The number of carbonyl (C=O) groups is 1. The second kappa shape index (κ2) is 6.77. The minimum Gasteiger partial charge on any atom is -0.485 e. The summed E-state index contributed by atoms with van der Waals surface area (Å²) in [6.07, 6.45) is 0. The average Bonchev–Trinajstić information content (AvgIpc) is 2.47. The first kappa shape index (κ1) is 16.3. The average molecular weight is 340 g/mol. The summed E-state index contributed by atoms with van der Waals surface area (Å²) in [7, 11) is 0. The molecule has 0 aliphatic heterocycles. The molecule has 0 saturated heterocycles. The number of benzene rings is 2. The van der Waals surface area contributed by atoms with E-state index in [1.54, 1.807) is 13.0 Å². The lowest BCUT2D eigenvalue weighted by molar-refractivity contribution is -0.385. The molecule has 0 fully saturated rings. The monoisotopic (exact) mass is 339 g/mol. The molecule has 0 aliphatic carbocycles. The first-order valence-electron chi connectivity index (χ1n) is 6.24. The van der Waals surface area contributed by atoms with Crippen molar-refractivity contribution in [1.29, 1.82) is 0 Å². The van der Waals surface area contributed by atoms with Gasteiger partial charge in [-0.1, -0.05) is 23.2 Å². The van der Waals surface area contributed by atoms with Crippen LogP contribution in [0.3, 0.4) is 0 Å². The Morgan fingerprint density at radius 1 is 1.18 bits per heavy atom. The highest BCUT2D eigenvalue weighted by atomic mass is 35.5. The minimum atomic E-state index is -0.472. The standard InChI is InChI=1S/C15H11Cl2NO4/c1-9-6-11(3-5-14(9)18(20)21)22-8-15(19)10-2-4-12(16)13(17)7-10/h2-7H,8H2,1H3. The summed E-state index contributed by atoms with van der Waals surface area (Å²) in [6, 6.07) is 8.87. The number of nitro benzene ring substituents is 1. The molecule has 0 bridgehead atoms. The maximum absolute atomic E-state index is 12.0. The van der Waals surface area contributed by atoms with Crippen molar-refractivity contribution in [2.45, 2.75) is 6.92 Å². The van der Waals surface area contributed by atoms with Gasteiger partial charge < -0.3 is 4.74 Å². The molecular weight excluding hydrogens is 329 g/mol. The van der Waals surface area contributed by atoms with Crippen LogP contribution in [0.4, 0.5) is 5.69 Å². The summed E-state index contributed by atoms with van der Waals surface area (Å²) in [5.41, 5.74) is 0.848. The summed E-state index contributed by atoms with van der Waals surface area (Å²) in [4.78, 5) is 22.3. The van der Waals surface area contributed by atoms with Crippen LogP contribution in [0.2, 0.25) is 10.0 Å². The van der Waals surface area contributed by atoms with Gasteiger partial charge in [-0.2, -0.15) is 0 Å². The van der Waals surface area contributed by atoms with Crippen molar-refractivity contribution >= 4 is 34.7 Å². The zero-order valence-corrected chi connectivity index (χ0v) is 13.0. The summed E-state index contributed by atoms with van der Waals surface area (Å²) in [5, 5.41) is 11.4. The van der Waals surface area contributed by atoms with Crippen molar-refractivity contribution in [3.05, 3.63) is 67.7 Å². The molecule has 0 aliphatic rings. The van der Waals surface area contributed by atoms with Crippen LogP contribution in [0.5, 0.6) is 5.75 Å². The van der Waals surface area contributed by atoms with Gasteiger partial charge in [0.2, 0.25) is 0 Å². The molecule has 0 radical (unpaired) electrons. The van der Waals surface area contributed by atoms with Gasteiger partial charge in [0.15, 0.2) is 12.4 Å². The van der Waals surface area contributed by atoms with Crippen LogP contribution in [0.25, 0.3) is 0 Å². The number of nitrogens with zero attached hydrogens (tertiary/aromatic N) is 1. The third-order valence-electron chi connectivity index (χ3n) is 2.98. The normalized spacial score (nSPS) is 10.3. The number of carbonyl (C=O) groups excluding carboxylic acids is 1. The molecule has 0 aromatic heterocycles. The van der Waals surface area contributed by atoms with Gasteiger partial charge in [-0.15, -0.1) is 0 Å². The summed E-state index contributed by atoms with van der Waals surface area (Å²) in [5.74, 6) is 0.117. The number of ketones is 1. The van der Waals surface area contributed by atoms with Crippen LogP contribution in [0.15, 0.2) is 36.4 Å². The van der Waals surface area contributed by atoms with E-state index < -0.39 is 4.92 Å². The number of nitro groups is 1. The van der Waals surface area contributed by atoms with Crippen molar-refractivity contribution in [2.75, 3.05) is 6.61 Å². The van der Waals surface area contributed by atoms with Gasteiger partial charge in [-0.25, -0.2) is 0 Å². The number of hydrogen-bond donors (Lipinski definition) is 0. The van der Waals surface area contributed by atoms with Gasteiger partial charge in [0.25, 0.3) is 5.69 Å². The fourth-order valence-corrected chi connectivity index (χ4v) is 2.12. The molecule has 2 aromatic rings. The number of ether oxygens (including phenoxy) is 1.